The molecule has 7 nitrogen and oxygen atoms in total. The molecule has 0 bridgehead atoms. The number of benzene rings is 1. The number of anilines is 1. The first-order valence-corrected chi connectivity index (χ1v) is 9.16. The fraction of sp³-hybridized carbons (Fsp3) is 0.400. The van der Waals surface area contributed by atoms with Gasteiger partial charge in [0.05, 0.1) is 0 Å². The van der Waals surface area contributed by atoms with Crippen LogP contribution in [0, 0.1) is 6.92 Å². The number of hydrogen-bond acceptors (Lipinski definition) is 6. The van der Waals surface area contributed by atoms with Gasteiger partial charge in [0.1, 0.15) is 5.75 Å². The maximum absolute atomic E-state index is 12.6. The van der Waals surface area contributed by atoms with Crippen LogP contribution in [0.2, 0.25) is 0 Å². The van der Waals surface area contributed by atoms with Crippen molar-refractivity contribution in [2.75, 3.05) is 44.5 Å². The first kappa shape index (κ1) is 17.5. The minimum absolute atomic E-state index is 0.000895. The minimum Gasteiger partial charge on any atom is -0.484 e. The molecule has 2 aromatic rings. The lowest BCUT2D eigenvalue weighted by Crippen LogP contribution is -2.38. The molecule has 0 saturated carbocycles. The molecule has 2 aliphatic rings. The summed E-state index contributed by atoms with van der Waals surface area (Å²) in [5, 5.41) is 0. The molecule has 1 aromatic heterocycles. The normalized spacial score (nSPS) is 16.2. The fourth-order valence-electron chi connectivity index (χ4n) is 3.43. The number of fused-ring (bicyclic) bond motifs is 1. The molecule has 4 rings (SSSR count). The van der Waals surface area contributed by atoms with Gasteiger partial charge < -0.3 is 24.0 Å². The highest BCUT2D eigenvalue weighted by atomic mass is 16.7. The lowest BCUT2D eigenvalue weighted by atomic mass is 10.2. The zero-order valence-electron chi connectivity index (χ0n) is 15.4. The zero-order chi connectivity index (χ0) is 18.6. The van der Waals surface area contributed by atoms with Crippen LogP contribution in [0.1, 0.15) is 12.0 Å². The summed E-state index contributed by atoms with van der Waals surface area (Å²) in [6.45, 7) is 5.47. The van der Waals surface area contributed by atoms with Gasteiger partial charge in [-0.3, -0.25) is 9.78 Å². The summed E-state index contributed by atoms with van der Waals surface area (Å²) in [6, 6.07) is 7.38. The van der Waals surface area contributed by atoms with E-state index < -0.39 is 0 Å². The molecule has 0 spiro atoms. The van der Waals surface area contributed by atoms with E-state index in [2.05, 4.69) is 16.8 Å². The Morgan fingerprint density at radius 3 is 2.93 bits per heavy atom. The van der Waals surface area contributed by atoms with Gasteiger partial charge in [-0.05, 0) is 37.1 Å². The molecule has 0 N–H and O–H groups in total. The van der Waals surface area contributed by atoms with E-state index in [1.165, 1.54) is 5.69 Å². The highest BCUT2D eigenvalue weighted by Gasteiger charge is 2.21. The van der Waals surface area contributed by atoms with E-state index in [9.17, 15) is 4.79 Å². The average molecular weight is 369 g/mol. The van der Waals surface area contributed by atoms with Crippen LogP contribution < -0.4 is 19.1 Å². The topological polar surface area (TPSA) is 64.1 Å². The number of aryl methyl sites for hydroxylation is 1. The van der Waals surface area contributed by atoms with Gasteiger partial charge in [0.15, 0.2) is 18.1 Å². The van der Waals surface area contributed by atoms with E-state index in [1.807, 2.05) is 23.4 Å². The number of carbonyl (C=O) groups is 1. The summed E-state index contributed by atoms with van der Waals surface area (Å²) >= 11 is 0. The molecule has 142 valence electrons. The molecule has 1 aromatic carbocycles. The van der Waals surface area contributed by atoms with Crippen LogP contribution in [-0.4, -0.2) is 55.4 Å². The lowest BCUT2D eigenvalue weighted by Gasteiger charge is -2.25. The standard InChI is InChI=1S/C20H23N3O4/c1-15-12-21-6-5-17(15)22-7-2-8-23(10-9-22)20(24)13-25-16-3-4-18-19(11-16)27-14-26-18/h3-6,11-12H,2,7-10,13-14H2,1H3. The number of nitrogens with zero attached hydrogens (tertiary/aromatic N) is 3. The largest absolute Gasteiger partial charge is 0.484 e. The SMILES string of the molecule is Cc1cnccc1N1CCCN(C(=O)COc2ccc3c(c2)OCO3)CC1. The van der Waals surface area contributed by atoms with Gasteiger partial charge in [-0.2, -0.15) is 0 Å². The van der Waals surface area contributed by atoms with Crippen molar-refractivity contribution in [1.82, 2.24) is 9.88 Å². The highest BCUT2D eigenvalue weighted by molar-refractivity contribution is 5.78. The molecule has 1 fully saturated rings. The van der Waals surface area contributed by atoms with E-state index in [0.29, 0.717) is 23.8 Å². The van der Waals surface area contributed by atoms with E-state index in [-0.39, 0.29) is 19.3 Å². The van der Waals surface area contributed by atoms with Crippen molar-refractivity contribution >= 4 is 11.6 Å². The van der Waals surface area contributed by atoms with Gasteiger partial charge in [0.2, 0.25) is 6.79 Å². The summed E-state index contributed by atoms with van der Waals surface area (Å²) in [4.78, 5) is 20.9. The van der Waals surface area contributed by atoms with E-state index in [4.69, 9.17) is 14.2 Å². The van der Waals surface area contributed by atoms with Crippen LogP contribution >= 0.6 is 0 Å². The van der Waals surface area contributed by atoms with E-state index >= 15 is 0 Å². The second-order valence-corrected chi connectivity index (χ2v) is 6.69. The summed E-state index contributed by atoms with van der Waals surface area (Å²) in [7, 11) is 0. The molecule has 27 heavy (non-hydrogen) atoms. The third-order valence-electron chi connectivity index (χ3n) is 4.89. The smallest absolute Gasteiger partial charge is 0.260 e. The van der Waals surface area contributed by atoms with Crippen LogP contribution in [0.3, 0.4) is 0 Å². The lowest BCUT2D eigenvalue weighted by molar-refractivity contribution is -0.133. The van der Waals surface area contributed by atoms with Gasteiger partial charge in [-0.1, -0.05) is 0 Å². The zero-order valence-corrected chi connectivity index (χ0v) is 15.4. The second-order valence-electron chi connectivity index (χ2n) is 6.69. The molecule has 3 heterocycles. The maximum atomic E-state index is 12.6. The molecule has 0 radical (unpaired) electrons. The summed E-state index contributed by atoms with van der Waals surface area (Å²) in [5.74, 6) is 1.96. The Morgan fingerprint density at radius 1 is 1.15 bits per heavy atom. The van der Waals surface area contributed by atoms with Crippen molar-refractivity contribution in [1.29, 1.82) is 0 Å². The Balaban J connectivity index is 1.32. The van der Waals surface area contributed by atoms with Gasteiger partial charge >= 0.3 is 0 Å². The fourth-order valence-corrected chi connectivity index (χ4v) is 3.43. The van der Waals surface area contributed by atoms with Gasteiger partial charge in [0.25, 0.3) is 5.91 Å². The first-order valence-electron chi connectivity index (χ1n) is 9.16. The molecular weight excluding hydrogens is 346 g/mol. The highest BCUT2D eigenvalue weighted by Crippen LogP contribution is 2.35. The van der Waals surface area contributed by atoms with Crippen LogP contribution in [0.4, 0.5) is 5.69 Å². The van der Waals surface area contributed by atoms with Crippen LogP contribution in [0.15, 0.2) is 36.7 Å². The van der Waals surface area contributed by atoms with Crippen molar-refractivity contribution in [2.24, 2.45) is 0 Å². The molecule has 0 atom stereocenters. The Bertz CT molecular complexity index is 827. The van der Waals surface area contributed by atoms with E-state index in [0.717, 1.165) is 31.6 Å². The molecule has 7 heteroatoms. The molecule has 0 aliphatic carbocycles. The van der Waals surface area contributed by atoms with Crippen LogP contribution in [-0.2, 0) is 4.79 Å². The van der Waals surface area contributed by atoms with Crippen molar-refractivity contribution in [3.05, 3.63) is 42.2 Å². The second kappa shape index (κ2) is 7.73. The third-order valence-corrected chi connectivity index (χ3v) is 4.89. The van der Waals surface area contributed by atoms with Crippen molar-refractivity contribution in [3.8, 4) is 17.2 Å². The number of amides is 1. The molecule has 1 saturated heterocycles. The molecular formula is C20H23N3O4. The Kier molecular flexibility index (Phi) is 5.00. The summed E-state index contributed by atoms with van der Waals surface area (Å²) in [5.41, 5.74) is 2.35. The van der Waals surface area contributed by atoms with Gasteiger partial charge in [0, 0.05) is 50.3 Å². The van der Waals surface area contributed by atoms with Crippen molar-refractivity contribution in [3.63, 3.8) is 0 Å². The monoisotopic (exact) mass is 369 g/mol. The molecule has 1 amide bonds. The number of rotatable bonds is 4. The third kappa shape index (κ3) is 3.92. The number of hydrogen-bond donors (Lipinski definition) is 0. The quantitative estimate of drug-likeness (QED) is 0.824. The Morgan fingerprint density at radius 2 is 2.04 bits per heavy atom. The van der Waals surface area contributed by atoms with Crippen molar-refractivity contribution in [2.45, 2.75) is 13.3 Å². The number of ether oxygens (including phenoxy) is 3. The predicted molar refractivity (Wildman–Crippen MR) is 100 cm³/mol. The minimum atomic E-state index is 0.000895. The first-order chi connectivity index (χ1) is 13.2. The summed E-state index contributed by atoms with van der Waals surface area (Å²) in [6.07, 6.45) is 4.62. The number of carbonyl (C=O) groups excluding carboxylic acids is 1. The number of aromatic nitrogens is 1. The van der Waals surface area contributed by atoms with Gasteiger partial charge in [-0.25, -0.2) is 0 Å². The molecule has 2 aliphatic heterocycles. The predicted octanol–water partition coefficient (Wildman–Crippen LogP) is 2.24. The van der Waals surface area contributed by atoms with Crippen LogP contribution in [0.5, 0.6) is 17.2 Å². The van der Waals surface area contributed by atoms with Crippen molar-refractivity contribution < 1.29 is 19.0 Å². The van der Waals surface area contributed by atoms with E-state index in [1.54, 1.807) is 18.2 Å². The Hall–Kier alpha value is -2.96. The molecule has 0 unspecified atom stereocenters. The Labute approximate surface area is 158 Å². The average Bonchev–Trinajstić information content (AvgIpc) is 3.01. The number of pyridine rings is 1. The summed E-state index contributed by atoms with van der Waals surface area (Å²) < 4.78 is 16.3. The van der Waals surface area contributed by atoms with Crippen LogP contribution in [0.25, 0.3) is 0 Å². The van der Waals surface area contributed by atoms with Gasteiger partial charge in [-0.15, -0.1) is 0 Å². The maximum Gasteiger partial charge on any atom is 0.260 e.